The maximum absolute atomic E-state index is 9.50. The van der Waals surface area contributed by atoms with Crippen LogP contribution in [-0.4, -0.2) is 29.8 Å². The van der Waals surface area contributed by atoms with E-state index in [4.69, 9.17) is 0 Å². The number of H-pyrrole nitrogens is 1. The van der Waals surface area contributed by atoms with Crippen LogP contribution in [0.25, 0.3) is 11.0 Å². The number of aromatic amines is 1. The Morgan fingerprint density at radius 3 is 2.82 bits per heavy atom. The van der Waals surface area contributed by atoms with E-state index in [0.717, 1.165) is 29.1 Å². The van der Waals surface area contributed by atoms with E-state index in [1.54, 1.807) is 0 Å². The Hall–Kier alpha value is -2.21. The molecule has 0 fully saturated rings. The summed E-state index contributed by atoms with van der Waals surface area (Å²) in [6.45, 7) is 4.96. The van der Waals surface area contributed by atoms with Crippen LogP contribution in [0.1, 0.15) is 31.3 Å². The van der Waals surface area contributed by atoms with Crippen LogP contribution in [0, 0.1) is 5.92 Å². The normalized spacial score (nSPS) is 11.6. The number of nitrogens with zero attached hydrogens (tertiary/aromatic N) is 4. The van der Waals surface area contributed by atoms with Gasteiger partial charge >= 0.3 is 0 Å². The Morgan fingerprint density at radius 1 is 1.23 bits per heavy atom. The van der Waals surface area contributed by atoms with Crippen molar-refractivity contribution in [1.29, 1.82) is 0 Å². The second kappa shape index (κ2) is 6.27. The van der Waals surface area contributed by atoms with Gasteiger partial charge in [-0.1, -0.05) is 26.0 Å². The van der Waals surface area contributed by atoms with Gasteiger partial charge in [-0.3, -0.25) is 5.10 Å². The molecule has 0 aliphatic heterocycles. The number of aryl methyl sites for hydroxylation is 2. The molecule has 6 nitrogen and oxygen atoms in total. The Morgan fingerprint density at radius 2 is 2.05 bits per heavy atom. The molecule has 0 saturated carbocycles. The van der Waals surface area contributed by atoms with Crippen LogP contribution in [0.5, 0.6) is 0 Å². The van der Waals surface area contributed by atoms with Gasteiger partial charge in [-0.05, 0) is 18.1 Å². The third-order valence-corrected chi connectivity index (χ3v) is 3.61. The Labute approximate surface area is 129 Å². The van der Waals surface area contributed by atoms with Crippen molar-refractivity contribution >= 4 is 11.0 Å². The summed E-state index contributed by atoms with van der Waals surface area (Å²) < 4.78 is 2.04. The highest BCUT2D eigenvalue weighted by atomic mass is 16.3. The molecule has 2 heterocycles. The van der Waals surface area contributed by atoms with Gasteiger partial charge in [0.25, 0.3) is 0 Å². The second-order valence-corrected chi connectivity index (χ2v) is 5.87. The Balaban J connectivity index is 1.77. The number of aliphatic hydroxyl groups is 1. The van der Waals surface area contributed by atoms with E-state index in [-0.39, 0.29) is 6.61 Å². The van der Waals surface area contributed by atoms with Crippen molar-refractivity contribution in [2.45, 2.75) is 39.8 Å². The molecule has 3 aromatic rings. The molecule has 0 saturated heterocycles. The molecule has 0 spiro atoms. The molecule has 22 heavy (non-hydrogen) atoms. The lowest BCUT2D eigenvalue weighted by molar-refractivity contribution is 0.266. The number of para-hydroxylation sites is 2. The molecule has 1 aromatic carbocycles. The zero-order chi connectivity index (χ0) is 15.5. The Kier molecular flexibility index (Phi) is 4.20. The summed E-state index contributed by atoms with van der Waals surface area (Å²) in [6.07, 6.45) is 1.62. The van der Waals surface area contributed by atoms with Crippen LogP contribution in [-0.2, 0) is 26.0 Å². The zero-order valence-corrected chi connectivity index (χ0v) is 13.0. The average Bonchev–Trinajstić information content (AvgIpc) is 3.08. The van der Waals surface area contributed by atoms with Crippen molar-refractivity contribution in [2.24, 2.45) is 5.92 Å². The third-order valence-electron chi connectivity index (χ3n) is 3.61. The fourth-order valence-electron chi connectivity index (χ4n) is 2.63. The molecule has 6 heteroatoms. The number of fused-ring (bicyclic) bond motifs is 1. The maximum Gasteiger partial charge on any atom is 0.152 e. The van der Waals surface area contributed by atoms with Crippen LogP contribution in [0.15, 0.2) is 24.3 Å². The number of rotatable bonds is 6. The van der Waals surface area contributed by atoms with E-state index in [2.05, 4.69) is 34.0 Å². The van der Waals surface area contributed by atoms with E-state index < -0.39 is 0 Å². The van der Waals surface area contributed by atoms with Crippen LogP contribution in [0.4, 0.5) is 0 Å². The predicted molar refractivity (Wildman–Crippen MR) is 84.3 cm³/mol. The van der Waals surface area contributed by atoms with Crippen molar-refractivity contribution in [2.75, 3.05) is 0 Å². The van der Waals surface area contributed by atoms with Gasteiger partial charge in [0.2, 0.25) is 0 Å². The van der Waals surface area contributed by atoms with Gasteiger partial charge in [-0.25, -0.2) is 9.97 Å². The van der Waals surface area contributed by atoms with E-state index in [9.17, 15) is 5.11 Å². The number of benzene rings is 1. The molecule has 2 N–H and O–H groups in total. The summed E-state index contributed by atoms with van der Waals surface area (Å²) >= 11 is 0. The van der Waals surface area contributed by atoms with Gasteiger partial charge < -0.3 is 9.67 Å². The monoisotopic (exact) mass is 299 g/mol. The summed E-state index contributed by atoms with van der Waals surface area (Å²) in [5, 5.41) is 16.8. The van der Waals surface area contributed by atoms with Crippen LogP contribution < -0.4 is 0 Å². The average molecular weight is 299 g/mol. The van der Waals surface area contributed by atoms with Gasteiger partial charge in [-0.15, -0.1) is 0 Å². The van der Waals surface area contributed by atoms with Crippen molar-refractivity contribution in [3.63, 3.8) is 0 Å². The van der Waals surface area contributed by atoms with E-state index in [1.165, 1.54) is 0 Å². The van der Waals surface area contributed by atoms with Crippen LogP contribution >= 0.6 is 0 Å². The number of hydrogen-bond donors (Lipinski definition) is 2. The summed E-state index contributed by atoms with van der Waals surface area (Å²) in [5.74, 6) is 2.97. The zero-order valence-electron chi connectivity index (χ0n) is 13.0. The number of aliphatic hydroxyl groups excluding tert-OH is 1. The fourth-order valence-corrected chi connectivity index (χ4v) is 2.63. The third kappa shape index (κ3) is 3.01. The first-order valence-electron chi connectivity index (χ1n) is 7.62. The highest BCUT2D eigenvalue weighted by Crippen LogP contribution is 2.16. The minimum absolute atomic E-state index is 0.0682. The molecule has 116 valence electrons. The molecule has 0 atom stereocenters. The van der Waals surface area contributed by atoms with Gasteiger partial charge in [-0.2, -0.15) is 5.10 Å². The molecule has 0 radical (unpaired) electrons. The Bertz CT molecular complexity index is 759. The largest absolute Gasteiger partial charge is 0.388 e. The van der Waals surface area contributed by atoms with Crippen molar-refractivity contribution in [3.05, 3.63) is 41.7 Å². The highest BCUT2D eigenvalue weighted by Gasteiger charge is 2.11. The lowest BCUT2D eigenvalue weighted by atomic mass is 10.1. The first-order valence-corrected chi connectivity index (χ1v) is 7.62. The fraction of sp³-hybridized carbons (Fsp3) is 0.438. The number of imidazole rings is 1. The summed E-state index contributed by atoms with van der Waals surface area (Å²) in [5.41, 5.74) is 1.94. The quantitative estimate of drug-likeness (QED) is 0.730. The predicted octanol–water partition coefficient (Wildman–Crippen LogP) is 2.09. The highest BCUT2D eigenvalue weighted by molar-refractivity contribution is 5.75. The number of hydrogen-bond acceptors (Lipinski definition) is 4. The first kappa shape index (κ1) is 14.7. The summed E-state index contributed by atoms with van der Waals surface area (Å²) in [4.78, 5) is 8.97. The van der Waals surface area contributed by atoms with Gasteiger partial charge in [0.05, 0.1) is 11.0 Å². The molecule has 0 aliphatic carbocycles. The van der Waals surface area contributed by atoms with E-state index in [1.807, 2.05) is 28.8 Å². The summed E-state index contributed by atoms with van der Waals surface area (Å²) in [7, 11) is 0. The van der Waals surface area contributed by atoms with Gasteiger partial charge in [0.15, 0.2) is 5.82 Å². The molecule has 0 unspecified atom stereocenters. The van der Waals surface area contributed by atoms with E-state index >= 15 is 0 Å². The van der Waals surface area contributed by atoms with Crippen molar-refractivity contribution in [1.82, 2.24) is 24.7 Å². The van der Waals surface area contributed by atoms with Crippen LogP contribution in [0.2, 0.25) is 0 Å². The topological polar surface area (TPSA) is 79.6 Å². The minimum atomic E-state index is -0.0682. The smallest absolute Gasteiger partial charge is 0.152 e. The number of aromatic nitrogens is 5. The summed E-state index contributed by atoms with van der Waals surface area (Å²) in [6, 6.07) is 7.91. The first-order chi connectivity index (χ1) is 10.7. The molecule has 0 bridgehead atoms. The van der Waals surface area contributed by atoms with Crippen molar-refractivity contribution < 1.29 is 5.11 Å². The van der Waals surface area contributed by atoms with Crippen LogP contribution in [0.3, 0.4) is 0 Å². The van der Waals surface area contributed by atoms with Crippen molar-refractivity contribution in [3.8, 4) is 0 Å². The molecular weight excluding hydrogens is 278 g/mol. The number of nitrogens with one attached hydrogen (secondary N) is 1. The second-order valence-electron chi connectivity index (χ2n) is 5.87. The lowest BCUT2D eigenvalue weighted by Gasteiger charge is -2.05. The van der Waals surface area contributed by atoms with Gasteiger partial charge in [0, 0.05) is 19.4 Å². The molecule has 0 aliphatic rings. The molecule has 2 aromatic heterocycles. The molecule has 3 rings (SSSR count). The molecular formula is C16H21N5O. The maximum atomic E-state index is 9.50. The SMILES string of the molecule is CC(C)Cc1nc(CCn2c(CO)nc3ccccc32)n[nH]1. The minimum Gasteiger partial charge on any atom is -0.388 e. The standard InChI is InChI=1S/C16H21N5O/c1-11(2)9-15-18-14(19-20-15)7-8-21-13-6-4-3-5-12(13)17-16(21)10-22/h3-6,11,22H,7-10H2,1-2H3,(H,18,19,20). The lowest BCUT2D eigenvalue weighted by Crippen LogP contribution is -2.07. The molecule has 0 amide bonds. The van der Waals surface area contributed by atoms with E-state index in [0.29, 0.717) is 24.7 Å². The van der Waals surface area contributed by atoms with Gasteiger partial charge in [0.1, 0.15) is 18.3 Å².